The fourth-order valence-electron chi connectivity index (χ4n) is 10.5. The van der Waals surface area contributed by atoms with E-state index in [1.54, 1.807) is 19.2 Å². The average molecular weight is 1100 g/mol. The third-order valence-electron chi connectivity index (χ3n) is 14.9. The molecule has 0 spiro atoms. The molecule has 5 aromatic carbocycles. The largest absolute Gasteiger partial charge is 0.382 e. The molecular weight excluding hydrogens is 1010 g/mol. The van der Waals surface area contributed by atoms with Crippen molar-refractivity contribution in [3.63, 3.8) is 0 Å². The number of carbonyl (C=O) groups is 4. The monoisotopic (exact) mass is 1100 g/mol. The van der Waals surface area contributed by atoms with Crippen molar-refractivity contribution in [2.24, 2.45) is 0 Å². The smallest absolute Gasteiger partial charge is 0.261 e. The van der Waals surface area contributed by atoms with Crippen LogP contribution in [0.2, 0.25) is 0 Å². The van der Waals surface area contributed by atoms with Gasteiger partial charge in [-0.1, -0.05) is 24.3 Å². The van der Waals surface area contributed by atoms with E-state index in [0.29, 0.717) is 119 Å². The summed E-state index contributed by atoms with van der Waals surface area (Å²) in [6.45, 7) is 26.1. The Morgan fingerprint density at radius 2 is 0.759 bits per heavy atom. The predicted molar refractivity (Wildman–Crippen MR) is 301 cm³/mol. The summed E-state index contributed by atoms with van der Waals surface area (Å²) in [5, 5.41) is 6.28. The number of morpholine rings is 1. The highest BCUT2D eigenvalue weighted by molar-refractivity contribution is 6.41. The van der Waals surface area contributed by atoms with Crippen LogP contribution in [0.1, 0.15) is 110 Å². The van der Waals surface area contributed by atoms with Gasteiger partial charge in [-0.2, -0.15) is 0 Å². The molecule has 79 heavy (non-hydrogen) atoms. The minimum atomic E-state index is -0.572. The molecule has 3 aliphatic rings. The Morgan fingerprint density at radius 3 is 1.13 bits per heavy atom. The number of amides is 4. The second-order valence-corrected chi connectivity index (χ2v) is 21.8. The quantitative estimate of drug-likeness (QED) is 0.0168. The van der Waals surface area contributed by atoms with E-state index >= 15 is 0 Å². The zero-order chi connectivity index (χ0) is 56.3. The molecule has 3 aliphatic heterocycles. The van der Waals surface area contributed by atoms with Crippen molar-refractivity contribution < 1.29 is 71.3 Å². The van der Waals surface area contributed by atoms with Gasteiger partial charge in [-0.15, -0.1) is 0 Å². The first-order valence-corrected chi connectivity index (χ1v) is 28.3. The van der Waals surface area contributed by atoms with Crippen LogP contribution in [0.3, 0.4) is 0 Å². The third-order valence-corrected chi connectivity index (χ3v) is 14.9. The van der Waals surface area contributed by atoms with Crippen LogP contribution in [-0.4, -0.2) is 212 Å². The maximum Gasteiger partial charge on any atom is 0.261 e. The minimum absolute atomic E-state index is 0.0327. The lowest BCUT2D eigenvalue weighted by molar-refractivity contribution is -0.110. The van der Waals surface area contributed by atoms with E-state index in [2.05, 4.69) is 4.90 Å². The number of fused-ring (bicyclic) bond motifs is 2. The maximum atomic E-state index is 14.4. The van der Waals surface area contributed by atoms with E-state index in [0.717, 1.165) is 52.0 Å². The van der Waals surface area contributed by atoms with Crippen molar-refractivity contribution in [1.29, 1.82) is 0 Å². The van der Waals surface area contributed by atoms with Crippen molar-refractivity contribution in [1.82, 2.24) is 14.7 Å². The lowest BCUT2D eigenvalue weighted by Crippen LogP contribution is -2.48. The Morgan fingerprint density at radius 1 is 0.418 bits per heavy atom. The summed E-state index contributed by atoms with van der Waals surface area (Å²) in [5.41, 5.74) is 1.87. The number of hydrogen-bond acceptors (Lipinski definition) is 16. The number of nitrogens with zero attached hydrogens (tertiary/aromatic N) is 3. The molecule has 1 fully saturated rings. The molecule has 0 saturated carbocycles. The highest BCUT2D eigenvalue weighted by Crippen LogP contribution is 2.46. The van der Waals surface area contributed by atoms with E-state index in [-0.39, 0.29) is 85.7 Å². The highest BCUT2D eigenvalue weighted by atomic mass is 16.6. The summed E-state index contributed by atoms with van der Waals surface area (Å²) in [7, 11) is 1.65. The predicted octanol–water partition coefficient (Wildman–Crippen LogP) is 7.94. The summed E-state index contributed by atoms with van der Waals surface area (Å²) >= 11 is 0. The molecule has 0 radical (unpaired) electrons. The van der Waals surface area contributed by atoms with Gasteiger partial charge in [-0.3, -0.25) is 33.9 Å². The van der Waals surface area contributed by atoms with Crippen LogP contribution < -0.4 is 0 Å². The molecule has 18 heteroatoms. The molecule has 432 valence electrons. The zero-order valence-electron chi connectivity index (χ0n) is 48.0. The molecule has 0 aromatic heterocycles. The number of hydrogen-bond donors (Lipinski definition) is 0. The molecule has 9 atom stereocenters. The Balaban J connectivity index is 0.753. The number of carbonyl (C=O) groups excluding carboxylic acids is 4. The lowest BCUT2D eigenvalue weighted by Gasteiger charge is -2.33. The summed E-state index contributed by atoms with van der Waals surface area (Å²) < 4.78 is 64.0. The lowest BCUT2D eigenvalue weighted by atomic mass is 9.82. The van der Waals surface area contributed by atoms with Crippen LogP contribution in [0.4, 0.5) is 0 Å². The molecule has 0 N–H and O–H groups in total. The number of benzene rings is 5. The fourth-order valence-corrected chi connectivity index (χ4v) is 10.5. The Labute approximate surface area is 464 Å². The molecule has 1 saturated heterocycles. The van der Waals surface area contributed by atoms with E-state index < -0.39 is 6.04 Å². The Bertz CT molecular complexity index is 2740. The first kappa shape index (κ1) is 60.3. The van der Waals surface area contributed by atoms with Gasteiger partial charge in [0.15, 0.2) is 0 Å². The van der Waals surface area contributed by atoms with Crippen LogP contribution in [0.25, 0.3) is 43.1 Å². The van der Waals surface area contributed by atoms with Crippen molar-refractivity contribution in [2.45, 2.75) is 124 Å². The third kappa shape index (κ3) is 14.6. The summed E-state index contributed by atoms with van der Waals surface area (Å²) in [6.07, 6.45) is -0.545. The van der Waals surface area contributed by atoms with Crippen LogP contribution in [0, 0.1) is 0 Å². The van der Waals surface area contributed by atoms with Crippen molar-refractivity contribution >= 4 is 66.7 Å². The second kappa shape index (κ2) is 28.3. The van der Waals surface area contributed by atoms with Gasteiger partial charge in [0.2, 0.25) is 0 Å². The van der Waals surface area contributed by atoms with Crippen LogP contribution in [-0.2, 0) is 52.1 Å². The average Bonchev–Trinajstić information content (AvgIpc) is 3.54. The minimum Gasteiger partial charge on any atom is -0.382 e. The van der Waals surface area contributed by atoms with E-state index in [9.17, 15) is 19.2 Å². The molecule has 0 aliphatic carbocycles. The van der Waals surface area contributed by atoms with E-state index in [1.165, 1.54) is 9.80 Å². The Hall–Kier alpha value is -4.80. The molecule has 4 amide bonds. The molecule has 3 heterocycles. The number of rotatable bonds is 34. The SMILES string of the molecule is COCCOCC(C)OCC(C)OCC(C)OCC(C)OCC(C)OCC(C)OCC(C)OCC(C)OCC(C)N1C(=O)c2ccc3c4ccc5c6c(ccc(c7ccc(c2c37)C1=O)c64)C(=O)N(CCCN1CCOCC1)C5=O. The maximum absolute atomic E-state index is 14.4. The second-order valence-electron chi connectivity index (χ2n) is 21.8. The molecule has 9 unspecified atom stereocenters. The van der Waals surface area contributed by atoms with E-state index in [1.807, 2.05) is 98.7 Å². The number of methoxy groups -OCH3 is 1. The van der Waals surface area contributed by atoms with Gasteiger partial charge < -0.3 is 52.1 Å². The Kier molecular flexibility index (Phi) is 21.6. The van der Waals surface area contributed by atoms with Crippen molar-refractivity contribution in [3.05, 3.63) is 70.8 Å². The van der Waals surface area contributed by atoms with Gasteiger partial charge in [0.1, 0.15) is 0 Å². The fraction of sp³-hybridized carbons (Fsp3) is 0.607. The van der Waals surface area contributed by atoms with Crippen LogP contribution in [0.15, 0.2) is 48.5 Å². The summed E-state index contributed by atoms with van der Waals surface area (Å²) in [4.78, 5) is 61.8. The summed E-state index contributed by atoms with van der Waals surface area (Å²) in [6, 6.07) is 14.4. The van der Waals surface area contributed by atoms with Crippen LogP contribution >= 0.6 is 0 Å². The molecule has 5 aromatic rings. The topological polar surface area (TPSA) is 180 Å². The zero-order valence-corrected chi connectivity index (χ0v) is 48.0. The highest BCUT2D eigenvalue weighted by Gasteiger charge is 2.39. The van der Waals surface area contributed by atoms with Crippen molar-refractivity contribution in [2.75, 3.05) is 119 Å². The van der Waals surface area contributed by atoms with Gasteiger partial charge in [-0.25, -0.2) is 0 Å². The molecular formula is C61H83N3O15. The summed E-state index contributed by atoms with van der Waals surface area (Å²) in [5.74, 6) is -1.36. The molecule has 18 nitrogen and oxygen atoms in total. The van der Waals surface area contributed by atoms with Gasteiger partial charge in [0, 0.05) is 66.3 Å². The normalized spacial score (nSPS) is 18.8. The van der Waals surface area contributed by atoms with Gasteiger partial charge in [-0.05, 0) is 125 Å². The first-order chi connectivity index (χ1) is 38.1. The molecule has 0 bridgehead atoms. The van der Waals surface area contributed by atoms with Gasteiger partial charge in [0.05, 0.1) is 141 Å². The standard InChI is InChI=1S/C61H83N3O15/c1-37(28-72-39(3)30-74-41(5)32-76-43(7)34-78-45(9)36-79-44(8)35-77-42(6)33-75-40(4)31-73-38(2)29-71-27-26-69-10)64-60(67)52-18-14-48-46-12-16-50-56-51(59(66)63(58(50)65)21-11-20-62-22-24-70-25-23-62)17-13-47(54(46)56)49-15-19-53(61(64)68)57(52)55(48)49/h12-19,37-45H,11,20-36H2,1-10H3. The molecule has 8 rings (SSSR count). The van der Waals surface area contributed by atoms with Crippen molar-refractivity contribution in [3.8, 4) is 0 Å². The van der Waals surface area contributed by atoms with Crippen LogP contribution in [0.5, 0.6) is 0 Å². The van der Waals surface area contributed by atoms with Gasteiger partial charge in [0.25, 0.3) is 23.6 Å². The number of imide groups is 2. The number of ether oxygens (including phenoxy) is 11. The van der Waals surface area contributed by atoms with Gasteiger partial charge >= 0.3 is 0 Å². The first-order valence-electron chi connectivity index (χ1n) is 28.3. The van der Waals surface area contributed by atoms with E-state index in [4.69, 9.17) is 52.1 Å².